The number of hydrogen-bond donors (Lipinski definition) is 0. The van der Waals surface area contributed by atoms with Crippen LogP contribution < -0.4 is 5.56 Å². The van der Waals surface area contributed by atoms with E-state index in [4.69, 9.17) is 0 Å². The zero-order chi connectivity index (χ0) is 14.8. The molecule has 2 heterocycles. The van der Waals surface area contributed by atoms with Crippen molar-refractivity contribution < 1.29 is 0 Å². The molecule has 3 rings (SSSR count). The first kappa shape index (κ1) is 13.4. The van der Waals surface area contributed by atoms with Crippen LogP contribution in [0.15, 0.2) is 59.7 Å². The summed E-state index contributed by atoms with van der Waals surface area (Å²) in [6.45, 7) is 2.69. The van der Waals surface area contributed by atoms with Crippen molar-refractivity contribution in [1.82, 2.24) is 14.3 Å². The maximum atomic E-state index is 11.6. The van der Waals surface area contributed by atoms with Crippen molar-refractivity contribution in [1.29, 1.82) is 0 Å². The lowest BCUT2D eigenvalue weighted by atomic mass is 10.1. The fraction of sp³-hybridized carbons (Fsp3) is 0.176. The highest BCUT2D eigenvalue weighted by Gasteiger charge is 2.08. The zero-order valence-corrected chi connectivity index (χ0v) is 12.2. The predicted molar refractivity (Wildman–Crippen MR) is 83.2 cm³/mol. The van der Waals surface area contributed by atoms with Gasteiger partial charge in [-0.2, -0.15) is 5.10 Å². The van der Waals surface area contributed by atoms with E-state index in [1.54, 1.807) is 17.7 Å². The van der Waals surface area contributed by atoms with Crippen molar-refractivity contribution in [2.45, 2.75) is 13.5 Å². The van der Waals surface area contributed by atoms with Crippen molar-refractivity contribution in [2.24, 2.45) is 7.05 Å². The zero-order valence-electron chi connectivity index (χ0n) is 12.2. The Morgan fingerprint density at radius 3 is 2.62 bits per heavy atom. The Morgan fingerprint density at radius 1 is 1.10 bits per heavy atom. The summed E-state index contributed by atoms with van der Waals surface area (Å²) in [5, 5.41) is 4.41. The van der Waals surface area contributed by atoms with E-state index < -0.39 is 0 Å². The van der Waals surface area contributed by atoms with Gasteiger partial charge in [-0.25, -0.2) is 0 Å². The van der Waals surface area contributed by atoms with Gasteiger partial charge in [0.25, 0.3) is 0 Å². The van der Waals surface area contributed by atoms with E-state index in [1.807, 2.05) is 48.3 Å². The van der Waals surface area contributed by atoms with Crippen LogP contribution in [0, 0.1) is 6.92 Å². The van der Waals surface area contributed by atoms with Gasteiger partial charge in [-0.1, -0.05) is 30.3 Å². The standard InChI is InChI=1S/C17H17N3O/c1-13-16(8-9-17(21)19(13)2)15-10-18-20(12-15)11-14-6-4-3-5-7-14/h3-10,12H,11H2,1-2H3. The van der Waals surface area contributed by atoms with Crippen molar-refractivity contribution in [3.63, 3.8) is 0 Å². The second kappa shape index (κ2) is 5.40. The lowest BCUT2D eigenvalue weighted by Crippen LogP contribution is -2.17. The summed E-state index contributed by atoms with van der Waals surface area (Å²) < 4.78 is 3.57. The van der Waals surface area contributed by atoms with Crippen molar-refractivity contribution in [3.05, 3.63) is 76.5 Å². The van der Waals surface area contributed by atoms with E-state index in [0.29, 0.717) is 0 Å². The molecular weight excluding hydrogens is 262 g/mol. The molecular formula is C17H17N3O. The van der Waals surface area contributed by atoms with Gasteiger partial charge in [0.15, 0.2) is 0 Å². The van der Waals surface area contributed by atoms with Gasteiger partial charge in [0.2, 0.25) is 5.56 Å². The van der Waals surface area contributed by atoms with Crippen LogP contribution in [0.5, 0.6) is 0 Å². The van der Waals surface area contributed by atoms with Gasteiger partial charge in [0.05, 0.1) is 12.7 Å². The summed E-state index contributed by atoms with van der Waals surface area (Å²) in [5.74, 6) is 0. The third kappa shape index (κ3) is 2.65. The van der Waals surface area contributed by atoms with Gasteiger partial charge >= 0.3 is 0 Å². The molecule has 106 valence electrons. The maximum Gasteiger partial charge on any atom is 0.250 e. The lowest BCUT2D eigenvalue weighted by molar-refractivity contribution is 0.687. The molecule has 4 nitrogen and oxygen atoms in total. The summed E-state index contributed by atoms with van der Waals surface area (Å²) in [6.07, 6.45) is 3.86. The second-order valence-corrected chi connectivity index (χ2v) is 5.14. The van der Waals surface area contributed by atoms with Gasteiger partial charge < -0.3 is 4.57 Å². The minimum Gasteiger partial charge on any atom is -0.315 e. The summed E-state index contributed by atoms with van der Waals surface area (Å²) in [7, 11) is 1.79. The first-order valence-electron chi connectivity index (χ1n) is 6.88. The number of benzene rings is 1. The van der Waals surface area contributed by atoms with Gasteiger partial charge in [0.1, 0.15) is 0 Å². The molecule has 0 unspecified atom stereocenters. The quantitative estimate of drug-likeness (QED) is 0.739. The number of aromatic nitrogens is 3. The van der Waals surface area contributed by atoms with Gasteiger partial charge in [0, 0.05) is 36.1 Å². The Balaban J connectivity index is 1.92. The highest BCUT2D eigenvalue weighted by molar-refractivity contribution is 5.64. The largest absolute Gasteiger partial charge is 0.315 e. The molecule has 1 aromatic carbocycles. The predicted octanol–water partition coefficient (Wildman–Crippen LogP) is 2.61. The second-order valence-electron chi connectivity index (χ2n) is 5.14. The Bertz CT molecular complexity index is 816. The van der Waals surface area contributed by atoms with Gasteiger partial charge in [-0.15, -0.1) is 0 Å². The molecule has 0 aliphatic heterocycles. The molecule has 0 amide bonds. The van der Waals surface area contributed by atoms with Crippen molar-refractivity contribution in [3.8, 4) is 11.1 Å². The highest BCUT2D eigenvalue weighted by Crippen LogP contribution is 2.21. The topological polar surface area (TPSA) is 39.8 Å². The molecule has 2 aromatic heterocycles. The normalized spacial score (nSPS) is 10.8. The van der Waals surface area contributed by atoms with E-state index in [0.717, 1.165) is 23.4 Å². The molecule has 21 heavy (non-hydrogen) atoms. The molecule has 3 aromatic rings. The van der Waals surface area contributed by atoms with E-state index in [2.05, 4.69) is 17.2 Å². The maximum absolute atomic E-state index is 11.6. The van der Waals surface area contributed by atoms with Gasteiger partial charge in [-0.3, -0.25) is 9.48 Å². The molecule has 0 spiro atoms. The van der Waals surface area contributed by atoms with E-state index >= 15 is 0 Å². The number of rotatable bonds is 3. The van der Waals surface area contributed by atoms with Crippen LogP contribution >= 0.6 is 0 Å². The van der Waals surface area contributed by atoms with Crippen LogP contribution in [0.3, 0.4) is 0 Å². The SMILES string of the molecule is Cc1c(-c2cnn(Cc3ccccc3)c2)ccc(=O)n1C. The monoisotopic (exact) mass is 279 g/mol. The first-order chi connectivity index (χ1) is 10.1. The fourth-order valence-electron chi connectivity index (χ4n) is 2.40. The Morgan fingerprint density at radius 2 is 1.86 bits per heavy atom. The summed E-state index contributed by atoms with van der Waals surface area (Å²) >= 11 is 0. The average Bonchev–Trinajstić information content (AvgIpc) is 2.94. The number of pyridine rings is 1. The molecule has 0 aliphatic carbocycles. The Kier molecular flexibility index (Phi) is 3.44. The van der Waals surface area contributed by atoms with Crippen LogP contribution in [-0.4, -0.2) is 14.3 Å². The summed E-state index contributed by atoms with van der Waals surface area (Å²) in [6, 6.07) is 13.7. The Labute approximate surface area is 123 Å². The third-order valence-corrected chi connectivity index (χ3v) is 3.75. The first-order valence-corrected chi connectivity index (χ1v) is 6.88. The number of nitrogens with zero attached hydrogens (tertiary/aromatic N) is 3. The smallest absolute Gasteiger partial charge is 0.250 e. The van der Waals surface area contributed by atoms with Crippen molar-refractivity contribution in [2.75, 3.05) is 0 Å². The molecule has 0 saturated carbocycles. The molecule has 0 atom stereocenters. The van der Waals surface area contributed by atoms with Crippen LogP contribution in [-0.2, 0) is 13.6 Å². The van der Waals surface area contributed by atoms with Crippen LogP contribution in [0.25, 0.3) is 11.1 Å². The molecule has 0 fully saturated rings. The average molecular weight is 279 g/mol. The van der Waals surface area contributed by atoms with Crippen LogP contribution in [0.1, 0.15) is 11.3 Å². The molecule has 0 N–H and O–H groups in total. The highest BCUT2D eigenvalue weighted by atomic mass is 16.1. The minimum atomic E-state index is 0.00734. The minimum absolute atomic E-state index is 0.00734. The lowest BCUT2D eigenvalue weighted by Gasteiger charge is -2.07. The number of hydrogen-bond acceptors (Lipinski definition) is 2. The molecule has 4 heteroatoms. The fourth-order valence-corrected chi connectivity index (χ4v) is 2.40. The molecule has 0 radical (unpaired) electrons. The molecule has 0 saturated heterocycles. The molecule has 0 bridgehead atoms. The van der Waals surface area contributed by atoms with Crippen molar-refractivity contribution >= 4 is 0 Å². The summed E-state index contributed by atoms with van der Waals surface area (Å²) in [5.41, 5.74) is 4.23. The van der Waals surface area contributed by atoms with Crippen LogP contribution in [0.4, 0.5) is 0 Å². The summed E-state index contributed by atoms with van der Waals surface area (Å²) in [4.78, 5) is 11.6. The van der Waals surface area contributed by atoms with E-state index in [9.17, 15) is 4.79 Å². The van der Waals surface area contributed by atoms with E-state index in [-0.39, 0.29) is 5.56 Å². The molecule has 0 aliphatic rings. The Hall–Kier alpha value is -2.62. The van der Waals surface area contributed by atoms with Gasteiger partial charge in [-0.05, 0) is 18.6 Å². The van der Waals surface area contributed by atoms with Crippen LogP contribution in [0.2, 0.25) is 0 Å². The van der Waals surface area contributed by atoms with E-state index in [1.165, 1.54) is 5.56 Å². The third-order valence-electron chi connectivity index (χ3n) is 3.75.